The van der Waals surface area contributed by atoms with Crippen LogP contribution in [0.1, 0.15) is 43.0 Å². The molecule has 0 saturated carbocycles. The van der Waals surface area contributed by atoms with Crippen molar-refractivity contribution in [3.05, 3.63) is 77.6 Å². The van der Waals surface area contributed by atoms with Crippen LogP contribution in [0, 0.1) is 0 Å². The maximum atomic E-state index is 13.3. The Morgan fingerprint density at radius 2 is 1.72 bits per heavy atom. The molecule has 0 atom stereocenters. The molecule has 2 amide bonds. The molecule has 0 spiro atoms. The molecule has 2 aromatic carbocycles. The van der Waals surface area contributed by atoms with Crippen molar-refractivity contribution in [1.82, 2.24) is 9.47 Å². The van der Waals surface area contributed by atoms with Crippen LogP contribution in [0.3, 0.4) is 0 Å². The summed E-state index contributed by atoms with van der Waals surface area (Å²) in [6.07, 6.45) is 0.229. The van der Waals surface area contributed by atoms with E-state index in [2.05, 4.69) is 12.2 Å². The van der Waals surface area contributed by atoms with Crippen molar-refractivity contribution in [1.29, 1.82) is 0 Å². The molecule has 0 aliphatic heterocycles. The van der Waals surface area contributed by atoms with Gasteiger partial charge in [0.2, 0.25) is 0 Å². The number of benzene rings is 2. The third kappa shape index (κ3) is 7.44. The van der Waals surface area contributed by atoms with Crippen LogP contribution in [0.15, 0.2) is 60.8 Å². The molecule has 0 aliphatic carbocycles. The molecule has 0 saturated heterocycles. The summed E-state index contributed by atoms with van der Waals surface area (Å²) >= 11 is 0. The van der Waals surface area contributed by atoms with E-state index in [-0.39, 0.29) is 12.6 Å². The number of nitrogens with one attached hydrogen (secondary N) is 1. The van der Waals surface area contributed by atoms with E-state index in [4.69, 9.17) is 9.47 Å². The fraction of sp³-hybridized carbons (Fsp3) is 0.370. The molecule has 9 heteroatoms. The van der Waals surface area contributed by atoms with Crippen LogP contribution in [0.25, 0.3) is 0 Å². The Balaban J connectivity index is 1.78. The zero-order valence-electron chi connectivity index (χ0n) is 20.8. The van der Waals surface area contributed by atoms with E-state index in [1.807, 2.05) is 22.9 Å². The van der Waals surface area contributed by atoms with Gasteiger partial charge in [0.15, 0.2) is 0 Å². The lowest BCUT2D eigenvalue weighted by Crippen LogP contribution is -2.36. The molecule has 3 aromatic rings. The average Bonchev–Trinajstić information content (AvgIpc) is 3.29. The Labute approximate surface area is 209 Å². The molecule has 0 aliphatic rings. The first kappa shape index (κ1) is 27.0. The second-order valence-corrected chi connectivity index (χ2v) is 8.49. The van der Waals surface area contributed by atoms with Crippen molar-refractivity contribution in [2.45, 2.75) is 45.5 Å². The SMILES string of the molecule is CCCCCN(Cc1cccn1Cc1cccc(C(F)(F)F)c1)C(=O)Nc1cc(OC)cc(OC)c1. The zero-order chi connectivity index (χ0) is 26.1. The Morgan fingerprint density at radius 3 is 2.36 bits per heavy atom. The van der Waals surface area contributed by atoms with E-state index in [9.17, 15) is 18.0 Å². The highest BCUT2D eigenvalue weighted by molar-refractivity contribution is 5.89. The van der Waals surface area contributed by atoms with Crippen molar-refractivity contribution in [3.8, 4) is 11.5 Å². The van der Waals surface area contributed by atoms with E-state index >= 15 is 0 Å². The fourth-order valence-electron chi connectivity index (χ4n) is 3.87. The number of hydrogen-bond donors (Lipinski definition) is 1. The van der Waals surface area contributed by atoms with E-state index in [1.54, 1.807) is 29.2 Å². The lowest BCUT2D eigenvalue weighted by atomic mass is 10.1. The zero-order valence-corrected chi connectivity index (χ0v) is 20.8. The molecule has 3 rings (SSSR count). The van der Waals surface area contributed by atoms with Crippen LogP contribution in [-0.2, 0) is 19.3 Å². The summed E-state index contributed by atoms with van der Waals surface area (Å²) in [5.41, 5.74) is 1.22. The Morgan fingerprint density at radius 1 is 1.00 bits per heavy atom. The van der Waals surface area contributed by atoms with Gasteiger partial charge in [0, 0.05) is 48.9 Å². The molecule has 1 aromatic heterocycles. The lowest BCUT2D eigenvalue weighted by Gasteiger charge is -2.24. The smallest absolute Gasteiger partial charge is 0.416 e. The van der Waals surface area contributed by atoms with E-state index < -0.39 is 11.7 Å². The quantitative estimate of drug-likeness (QED) is 0.293. The highest BCUT2D eigenvalue weighted by Crippen LogP contribution is 2.30. The molecule has 0 radical (unpaired) electrons. The third-order valence-corrected chi connectivity index (χ3v) is 5.81. The first-order valence-corrected chi connectivity index (χ1v) is 11.8. The normalized spacial score (nSPS) is 11.3. The van der Waals surface area contributed by atoms with Crippen LogP contribution in [0.2, 0.25) is 0 Å². The van der Waals surface area contributed by atoms with Crippen LogP contribution in [-0.4, -0.2) is 36.3 Å². The number of aromatic nitrogens is 1. The van der Waals surface area contributed by atoms with Gasteiger partial charge in [-0.1, -0.05) is 31.9 Å². The van der Waals surface area contributed by atoms with Crippen molar-refractivity contribution in [2.24, 2.45) is 0 Å². The minimum absolute atomic E-state index is 0.268. The van der Waals surface area contributed by atoms with Crippen LogP contribution >= 0.6 is 0 Å². The Kier molecular flexibility index (Phi) is 9.27. The lowest BCUT2D eigenvalue weighted by molar-refractivity contribution is -0.137. The molecule has 194 valence electrons. The van der Waals surface area contributed by atoms with Crippen molar-refractivity contribution >= 4 is 11.7 Å². The number of hydrogen-bond acceptors (Lipinski definition) is 3. The number of alkyl halides is 3. The standard InChI is InChI=1S/C27H32F3N3O3/c1-4-5-6-12-33(26(34)31-22-15-24(35-2)17-25(16-22)36-3)19-23-11-8-13-32(23)18-20-9-7-10-21(14-20)27(28,29)30/h7-11,13-17H,4-6,12,18-19H2,1-3H3,(H,31,34). The Bertz CT molecular complexity index is 1120. The summed E-state index contributed by atoms with van der Waals surface area (Å²) < 4.78 is 51.8. The number of carbonyl (C=O) groups excluding carboxylic acids is 1. The Hall–Kier alpha value is -3.62. The number of unbranched alkanes of at least 4 members (excludes halogenated alkanes) is 2. The molecule has 36 heavy (non-hydrogen) atoms. The second-order valence-electron chi connectivity index (χ2n) is 8.49. The van der Waals surface area contributed by atoms with Gasteiger partial charge in [-0.3, -0.25) is 0 Å². The number of halogens is 3. The number of rotatable bonds is 11. The topological polar surface area (TPSA) is 55.7 Å². The van der Waals surface area contributed by atoms with Gasteiger partial charge in [0.25, 0.3) is 0 Å². The summed E-state index contributed by atoms with van der Waals surface area (Å²) in [7, 11) is 3.08. The van der Waals surface area contributed by atoms with Crippen molar-refractivity contribution < 1.29 is 27.4 Å². The summed E-state index contributed by atoms with van der Waals surface area (Å²) in [6.45, 7) is 3.20. The van der Waals surface area contributed by atoms with Crippen LogP contribution < -0.4 is 14.8 Å². The minimum Gasteiger partial charge on any atom is -0.497 e. The predicted molar refractivity (Wildman–Crippen MR) is 133 cm³/mol. The number of amides is 2. The number of carbonyl (C=O) groups is 1. The van der Waals surface area contributed by atoms with Gasteiger partial charge in [-0.25, -0.2) is 4.79 Å². The van der Waals surface area contributed by atoms with Gasteiger partial charge in [0.05, 0.1) is 26.3 Å². The third-order valence-electron chi connectivity index (χ3n) is 5.81. The predicted octanol–water partition coefficient (Wildman–Crippen LogP) is 6.80. The summed E-state index contributed by atoms with van der Waals surface area (Å²) in [6, 6.07) is 13.9. The average molecular weight is 504 g/mol. The second kappa shape index (κ2) is 12.4. The summed E-state index contributed by atoms with van der Waals surface area (Å²) in [4.78, 5) is 15.0. The molecule has 6 nitrogen and oxygen atoms in total. The summed E-state index contributed by atoms with van der Waals surface area (Å²) in [5, 5.41) is 2.92. The number of anilines is 1. The summed E-state index contributed by atoms with van der Waals surface area (Å²) in [5.74, 6) is 1.11. The molecular weight excluding hydrogens is 471 g/mol. The van der Waals surface area contributed by atoms with Crippen LogP contribution in [0.5, 0.6) is 11.5 Å². The molecule has 1 N–H and O–H groups in total. The van der Waals surface area contributed by atoms with Gasteiger partial charge in [-0.2, -0.15) is 13.2 Å². The first-order valence-electron chi connectivity index (χ1n) is 11.8. The van der Waals surface area contributed by atoms with Gasteiger partial charge in [0.1, 0.15) is 11.5 Å². The van der Waals surface area contributed by atoms with Crippen molar-refractivity contribution in [2.75, 3.05) is 26.1 Å². The largest absolute Gasteiger partial charge is 0.497 e. The number of nitrogens with zero attached hydrogens (tertiary/aromatic N) is 2. The van der Waals surface area contributed by atoms with Crippen LogP contribution in [0.4, 0.5) is 23.7 Å². The minimum atomic E-state index is -4.40. The number of ether oxygens (including phenoxy) is 2. The maximum Gasteiger partial charge on any atom is 0.416 e. The van der Waals surface area contributed by atoms with E-state index in [1.165, 1.54) is 20.3 Å². The van der Waals surface area contributed by atoms with Gasteiger partial charge < -0.3 is 24.3 Å². The molecular formula is C27H32F3N3O3. The molecule has 0 bridgehead atoms. The van der Waals surface area contributed by atoms with Gasteiger partial charge in [-0.05, 0) is 36.2 Å². The molecule has 0 fully saturated rings. The van der Waals surface area contributed by atoms with E-state index in [0.29, 0.717) is 35.8 Å². The highest BCUT2D eigenvalue weighted by atomic mass is 19.4. The number of methoxy groups -OCH3 is 2. The highest BCUT2D eigenvalue weighted by Gasteiger charge is 2.30. The number of urea groups is 1. The molecule has 0 unspecified atom stereocenters. The first-order chi connectivity index (χ1) is 17.2. The fourth-order valence-corrected chi connectivity index (χ4v) is 3.87. The van der Waals surface area contributed by atoms with Gasteiger partial charge in [-0.15, -0.1) is 0 Å². The maximum absolute atomic E-state index is 13.3. The van der Waals surface area contributed by atoms with Gasteiger partial charge >= 0.3 is 12.2 Å². The molecule has 1 heterocycles. The van der Waals surface area contributed by atoms with E-state index in [0.717, 1.165) is 37.1 Å². The monoisotopic (exact) mass is 503 g/mol. The van der Waals surface area contributed by atoms with Crippen molar-refractivity contribution in [3.63, 3.8) is 0 Å².